The number of pyridine rings is 1. The Bertz CT molecular complexity index is 956. The van der Waals surface area contributed by atoms with E-state index in [0.29, 0.717) is 25.2 Å². The van der Waals surface area contributed by atoms with Gasteiger partial charge in [0.1, 0.15) is 5.82 Å². The number of amides is 2. The SMILES string of the molecule is Cl.Cl.Cl.O=C(c1ccc(F)cc1)C1CCN(CCN2C(=O)CN(Cc3ccccn3)CC2=O)CC1. The number of piperazine rings is 1. The maximum absolute atomic E-state index is 13.1. The van der Waals surface area contributed by atoms with Crippen LogP contribution < -0.4 is 0 Å². The molecule has 1 aromatic heterocycles. The number of benzene rings is 1. The highest BCUT2D eigenvalue weighted by Crippen LogP contribution is 2.22. The van der Waals surface area contributed by atoms with Crippen molar-refractivity contribution in [3.05, 3.63) is 65.7 Å². The second kappa shape index (κ2) is 14.5. The monoisotopic (exact) mass is 546 g/mol. The van der Waals surface area contributed by atoms with Gasteiger partial charge in [0.15, 0.2) is 5.78 Å². The van der Waals surface area contributed by atoms with E-state index in [1.54, 1.807) is 6.20 Å². The number of piperidine rings is 1. The molecule has 3 heterocycles. The molecule has 0 N–H and O–H groups in total. The topological polar surface area (TPSA) is 73.8 Å². The number of Topliss-reactive ketones (excluding diaryl/α,β-unsaturated/α-hetero) is 1. The normalized spacial score (nSPS) is 17.2. The van der Waals surface area contributed by atoms with Crippen LogP contribution in [0.15, 0.2) is 48.7 Å². The van der Waals surface area contributed by atoms with Gasteiger partial charge < -0.3 is 4.90 Å². The van der Waals surface area contributed by atoms with Crippen molar-refractivity contribution in [1.29, 1.82) is 0 Å². The Kier molecular flexibility index (Phi) is 12.8. The number of nitrogens with zero attached hydrogens (tertiary/aromatic N) is 4. The van der Waals surface area contributed by atoms with Crippen molar-refractivity contribution >= 4 is 54.8 Å². The molecule has 1 aromatic carbocycles. The Morgan fingerprint density at radius 3 is 2.09 bits per heavy atom. The van der Waals surface area contributed by atoms with Crippen LogP contribution in [0.25, 0.3) is 0 Å². The van der Waals surface area contributed by atoms with Crippen molar-refractivity contribution in [1.82, 2.24) is 19.7 Å². The van der Waals surface area contributed by atoms with Gasteiger partial charge in [0.2, 0.25) is 11.8 Å². The molecule has 11 heteroatoms. The highest BCUT2D eigenvalue weighted by Gasteiger charge is 2.32. The standard InChI is InChI=1S/C24H27FN4O3.3ClH/c25-20-6-4-18(5-7-20)24(32)19-8-11-27(12-9-19)13-14-29-22(30)16-28(17-23(29)31)15-21-3-1-2-10-26-21;;;/h1-7,10,19H,8-9,11-17H2;3*1H. The van der Waals surface area contributed by atoms with Gasteiger partial charge in [-0.2, -0.15) is 0 Å². The first-order valence-corrected chi connectivity index (χ1v) is 11.0. The molecule has 192 valence electrons. The van der Waals surface area contributed by atoms with Crippen molar-refractivity contribution in [2.45, 2.75) is 19.4 Å². The molecule has 0 saturated carbocycles. The lowest BCUT2D eigenvalue weighted by molar-refractivity contribution is -0.151. The second-order valence-corrected chi connectivity index (χ2v) is 8.39. The summed E-state index contributed by atoms with van der Waals surface area (Å²) in [5, 5.41) is 0. The van der Waals surface area contributed by atoms with E-state index < -0.39 is 0 Å². The number of rotatable bonds is 7. The molecule has 0 unspecified atom stereocenters. The van der Waals surface area contributed by atoms with Gasteiger partial charge in [0.25, 0.3) is 0 Å². The lowest BCUT2D eigenvalue weighted by Crippen LogP contribution is -2.55. The van der Waals surface area contributed by atoms with Crippen LogP contribution in [0, 0.1) is 11.7 Å². The van der Waals surface area contributed by atoms with Crippen LogP contribution in [0.5, 0.6) is 0 Å². The zero-order chi connectivity index (χ0) is 22.5. The van der Waals surface area contributed by atoms with Gasteiger partial charge in [-0.1, -0.05) is 6.07 Å². The summed E-state index contributed by atoms with van der Waals surface area (Å²) in [7, 11) is 0. The van der Waals surface area contributed by atoms with Gasteiger partial charge in [-0.05, 0) is 62.3 Å². The average Bonchev–Trinajstić information content (AvgIpc) is 2.80. The van der Waals surface area contributed by atoms with E-state index in [1.165, 1.54) is 29.2 Å². The van der Waals surface area contributed by atoms with Crippen molar-refractivity contribution in [2.75, 3.05) is 39.3 Å². The first kappa shape index (κ1) is 30.9. The molecule has 35 heavy (non-hydrogen) atoms. The summed E-state index contributed by atoms with van der Waals surface area (Å²) in [4.78, 5) is 47.3. The number of aromatic nitrogens is 1. The molecule has 4 rings (SSSR count). The Labute approximate surface area is 223 Å². The predicted octanol–water partition coefficient (Wildman–Crippen LogP) is 3.25. The van der Waals surface area contributed by atoms with Crippen LogP contribution in [0.1, 0.15) is 28.9 Å². The van der Waals surface area contributed by atoms with Crippen molar-refractivity contribution < 1.29 is 18.8 Å². The highest BCUT2D eigenvalue weighted by molar-refractivity contribution is 5.99. The molecule has 2 aliphatic heterocycles. The largest absolute Gasteiger partial charge is 0.302 e. The van der Waals surface area contributed by atoms with Crippen LogP contribution >= 0.6 is 37.2 Å². The van der Waals surface area contributed by atoms with E-state index in [1.807, 2.05) is 23.1 Å². The van der Waals surface area contributed by atoms with Gasteiger partial charge in [-0.3, -0.25) is 29.2 Å². The highest BCUT2D eigenvalue weighted by atomic mass is 35.5. The fraction of sp³-hybridized carbons (Fsp3) is 0.417. The van der Waals surface area contributed by atoms with E-state index >= 15 is 0 Å². The molecule has 0 bridgehead atoms. The van der Waals surface area contributed by atoms with Crippen LogP contribution in [0.4, 0.5) is 4.39 Å². The molecule has 0 radical (unpaired) electrons. The number of carbonyl (C=O) groups excluding carboxylic acids is 3. The zero-order valence-electron chi connectivity index (χ0n) is 19.2. The molecule has 2 aromatic rings. The fourth-order valence-electron chi connectivity index (χ4n) is 4.34. The van der Waals surface area contributed by atoms with Crippen molar-refractivity contribution in [3.8, 4) is 0 Å². The summed E-state index contributed by atoms with van der Waals surface area (Å²) in [5.41, 5.74) is 1.38. The number of imide groups is 1. The van der Waals surface area contributed by atoms with Crippen LogP contribution in [0.2, 0.25) is 0 Å². The van der Waals surface area contributed by atoms with E-state index in [4.69, 9.17) is 0 Å². The van der Waals surface area contributed by atoms with Crippen LogP contribution in [-0.2, 0) is 16.1 Å². The zero-order valence-corrected chi connectivity index (χ0v) is 21.6. The minimum atomic E-state index is -0.349. The fourth-order valence-corrected chi connectivity index (χ4v) is 4.34. The maximum atomic E-state index is 13.1. The second-order valence-electron chi connectivity index (χ2n) is 8.39. The first-order chi connectivity index (χ1) is 15.5. The summed E-state index contributed by atoms with van der Waals surface area (Å²) in [6.45, 7) is 3.33. The van der Waals surface area contributed by atoms with E-state index in [2.05, 4.69) is 9.88 Å². The minimum Gasteiger partial charge on any atom is -0.302 e. The Morgan fingerprint density at radius 1 is 0.886 bits per heavy atom. The number of hydrogen-bond donors (Lipinski definition) is 0. The van der Waals surface area contributed by atoms with E-state index in [9.17, 15) is 18.8 Å². The lowest BCUT2D eigenvalue weighted by atomic mass is 9.89. The number of carbonyl (C=O) groups is 3. The number of likely N-dealkylation sites (tertiary alicyclic amines) is 1. The van der Waals surface area contributed by atoms with Gasteiger partial charge in [0, 0.05) is 37.3 Å². The number of ketones is 1. The Hall–Kier alpha value is -2.10. The number of halogens is 4. The average molecular weight is 548 g/mol. The molecule has 7 nitrogen and oxygen atoms in total. The Balaban J connectivity index is 0.00000204. The van der Waals surface area contributed by atoms with Gasteiger partial charge in [0.05, 0.1) is 18.8 Å². The van der Waals surface area contributed by atoms with Gasteiger partial charge in [-0.15, -0.1) is 37.2 Å². The summed E-state index contributed by atoms with van der Waals surface area (Å²) in [6.07, 6.45) is 3.14. The molecule has 2 saturated heterocycles. The molecule has 0 spiro atoms. The molecular formula is C24H30Cl3FN4O3. The summed E-state index contributed by atoms with van der Waals surface area (Å²) < 4.78 is 13.1. The Morgan fingerprint density at radius 2 is 1.51 bits per heavy atom. The number of hydrogen-bond acceptors (Lipinski definition) is 6. The van der Waals surface area contributed by atoms with E-state index in [-0.39, 0.29) is 79.6 Å². The van der Waals surface area contributed by atoms with Crippen LogP contribution in [-0.4, -0.2) is 76.5 Å². The molecule has 2 aliphatic rings. The molecular weight excluding hydrogens is 518 g/mol. The third kappa shape index (κ3) is 8.22. The summed E-state index contributed by atoms with van der Waals surface area (Å²) >= 11 is 0. The maximum Gasteiger partial charge on any atom is 0.243 e. The van der Waals surface area contributed by atoms with Crippen LogP contribution in [0.3, 0.4) is 0 Å². The first-order valence-electron chi connectivity index (χ1n) is 11.0. The smallest absolute Gasteiger partial charge is 0.243 e. The third-order valence-electron chi connectivity index (χ3n) is 6.16. The predicted molar refractivity (Wildman–Crippen MR) is 138 cm³/mol. The summed E-state index contributed by atoms with van der Waals surface area (Å²) in [6, 6.07) is 11.3. The minimum absolute atomic E-state index is 0. The molecule has 0 aliphatic carbocycles. The molecule has 2 fully saturated rings. The van der Waals surface area contributed by atoms with E-state index in [0.717, 1.165) is 31.6 Å². The quantitative estimate of drug-likeness (QED) is 0.391. The van der Waals surface area contributed by atoms with Gasteiger partial charge in [-0.25, -0.2) is 4.39 Å². The van der Waals surface area contributed by atoms with Crippen molar-refractivity contribution in [2.24, 2.45) is 5.92 Å². The van der Waals surface area contributed by atoms with Gasteiger partial charge >= 0.3 is 0 Å². The molecule has 0 atom stereocenters. The molecule has 2 amide bonds. The lowest BCUT2D eigenvalue weighted by Gasteiger charge is -2.35. The summed E-state index contributed by atoms with van der Waals surface area (Å²) in [5.74, 6) is -0.732. The third-order valence-corrected chi connectivity index (χ3v) is 6.16. The van der Waals surface area contributed by atoms with Crippen molar-refractivity contribution in [3.63, 3.8) is 0 Å².